The highest BCUT2D eigenvalue weighted by Gasteiger charge is 2.52. The van der Waals surface area contributed by atoms with Crippen LogP contribution in [0.1, 0.15) is 31.2 Å². The summed E-state index contributed by atoms with van der Waals surface area (Å²) >= 11 is 12.0. The molecular weight excluding hydrogens is 231 g/mol. The van der Waals surface area contributed by atoms with Crippen molar-refractivity contribution in [3.8, 4) is 5.75 Å². The van der Waals surface area contributed by atoms with Gasteiger partial charge in [0.15, 0.2) is 0 Å². The van der Waals surface area contributed by atoms with E-state index in [-0.39, 0.29) is 0 Å². The Kier molecular flexibility index (Phi) is 3.13. The summed E-state index contributed by atoms with van der Waals surface area (Å²) in [6.45, 7) is 2.85. The highest BCUT2D eigenvalue weighted by atomic mass is 35.5. The third kappa shape index (κ3) is 2.59. The van der Waals surface area contributed by atoms with Gasteiger partial charge in [0.1, 0.15) is 10.1 Å². The van der Waals surface area contributed by atoms with Crippen molar-refractivity contribution in [2.24, 2.45) is 0 Å². The molecule has 0 heterocycles. The van der Waals surface area contributed by atoms with Crippen LogP contribution < -0.4 is 4.74 Å². The second-order valence-corrected chi connectivity index (χ2v) is 5.48. The Morgan fingerprint density at radius 2 is 1.93 bits per heavy atom. The third-order valence-corrected chi connectivity index (χ3v) is 3.42. The summed E-state index contributed by atoms with van der Waals surface area (Å²) < 4.78 is 4.96. The van der Waals surface area contributed by atoms with Gasteiger partial charge in [-0.15, -0.1) is 23.2 Å². The second kappa shape index (κ2) is 4.23. The van der Waals surface area contributed by atoms with Crippen molar-refractivity contribution in [2.45, 2.75) is 30.0 Å². The van der Waals surface area contributed by atoms with Crippen molar-refractivity contribution < 1.29 is 4.74 Å². The van der Waals surface area contributed by atoms with Crippen molar-refractivity contribution in [3.05, 3.63) is 29.8 Å². The molecule has 1 atom stereocenters. The van der Waals surface area contributed by atoms with E-state index >= 15 is 0 Å². The van der Waals surface area contributed by atoms with Gasteiger partial charge >= 0.3 is 0 Å². The summed E-state index contributed by atoms with van der Waals surface area (Å²) in [6, 6.07) is 8.05. The number of hydrogen-bond acceptors (Lipinski definition) is 1. The standard InChI is InChI=1S/C12H14Cl2O/c1-2-7-15-10-5-3-9(4-6-10)11-8-12(11,13)14/h3-6,11H,2,7-8H2,1H3. The highest BCUT2D eigenvalue weighted by molar-refractivity contribution is 6.51. The normalized spacial score (nSPS) is 22.5. The van der Waals surface area contributed by atoms with E-state index in [0.29, 0.717) is 5.92 Å². The molecule has 0 N–H and O–H groups in total. The summed E-state index contributed by atoms with van der Waals surface area (Å²) in [5, 5.41) is 0. The van der Waals surface area contributed by atoms with Gasteiger partial charge < -0.3 is 4.74 Å². The van der Waals surface area contributed by atoms with Gasteiger partial charge in [0.05, 0.1) is 6.61 Å². The highest BCUT2D eigenvalue weighted by Crippen LogP contribution is 2.59. The van der Waals surface area contributed by atoms with Gasteiger partial charge in [-0.05, 0) is 30.5 Å². The molecule has 0 aromatic heterocycles. The average molecular weight is 245 g/mol. The van der Waals surface area contributed by atoms with Crippen LogP contribution in [0.15, 0.2) is 24.3 Å². The monoisotopic (exact) mass is 244 g/mol. The fraction of sp³-hybridized carbons (Fsp3) is 0.500. The van der Waals surface area contributed by atoms with E-state index in [1.165, 1.54) is 5.56 Å². The minimum Gasteiger partial charge on any atom is -0.494 e. The van der Waals surface area contributed by atoms with E-state index in [2.05, 4.69) is 6.92 Å². The quantitative estimate of drug-likeness (QED) is 0.724. The third-order valence-electron chi connectivity index (χ3n) is 2.58. The molecule has 1 nitrogen and oxygen atoms in total. The molecule has 0 radical (unpaired) electrons. The molecule has 0 bridgehead atoms. The first-order valence-electron chi connectivity index (χ1n) is 5.24. The lowest BCUT2D eigenvalue weighted by atomic mass is 10.1. The maximum Gasteiger partial charge on any atom is 0.125 e. The number of hydrogen-bond donors (Lipinski definition) is 0. The van der Waals surface area contributed by atoms with Crippen LogP contribution in [0.2, 0.25) is 0 Å². The molecule has 2 rings (SSSR count). The summed E-state index contributed by atoms with van der Waals surface area (Å²) in [5.41, 5.74) is 1.20. The van der Waals surface area contributed by atoms with Gasteiger partial charge in [-0.2, -0.15) is 0 Å². The Hall–Kier alpha value is -0.400. The molecule has 1 fully saturated rings. The van der Waals surface area contributed by atoms with Gasteiger partial charge in [0, 0.05) is 5.92 Å². The molecule has 0 aliphatic heterocycles. The maximum absolute atomic E-state index is 6.00. The fourth-order valence-corrected chi connectivity index (χ4v) is 2.15. The zero-order chi connectivity index (χ0) is 10.9. The minimum absolute atomic E-state index is 0.293. The average Bonchev–Trinajstić information content (AvgIpc) is 2.86. The first kappa shape index (κ1) is 11.1. The molecular formula is C12H14Cl2O. The topological polar surface area (TPSA) is 9.23 Å². The number of halogens is 2. The number of alkyl halides is 2. The summed E-state index contributed by atoms with van der Waals surface area (Å²) in [4.78, 5) is 0. The molecule has 0 saturated heterocycles. The second-order valence-electron chi connectivity index (χ2n) is 3.94. The molecule has 1 saturated carbocycles. The first-order valence-corrected chi connectivity index (χ1v) is 5.99. The van der Waals surface area contributed by atoms with Crippen molar-refractivity contribution in [3.63, 3.8) is 0 Å². The number of rotatable bonds is 4. The Bertz CT molecular complexity index is 332. The molecule has 1 aromatic rings. The molecule has 15 heavy (non-hydrogen) atoms. The number of ether oxygens (including phenoxy) is 1. The summed E-state index contributed by atoms with van der Waals surface area (Å²) in [6.07, 6.45) is 1.88. The Morgan fingerprint density at radius 3 is 2.40 bits per heavy atom. The Balaban J connectivity index is 1.99. The lowest BCUT2D eigenvalue weighted by molar-refractivity contribution is 0.317. The van der Waals surface area contributed by atoms with Crippen molar-refractivity contribution in [2.75, 3.05) is 6.61 Å². The van der Waals surface area contributed by atoms with E-state index in [1.54, 1.807) is 0 Å². The predicted octanol–water partition coefficient (Wildman–Crippen LogP) is 4.14. The first-order chi connectivity index (χ1) is 7.13. The summed E-state index contributed by atoms with van der Waals surface area (Å²) in [7, 11) is 0. The van der Waals surface area contributed by atoms with Gasteiger partial charge in [-0.25, -0.2) is 0 Å². The molecule has 1 aliphatic rings. The van der Waals surface area contributed by atoms with Gasteiger partial charge in [-0.1, -0.05) is 19.1 Å². The minimum atomic E-state index is -0.536. The lowest BCUT2D eigenvalue weighted by Gasteiger charge is -2.05. The predicted molar refractivity (Wildman–Crippen MR) is 64.0 cm³/mol. The van der Waals surface area contributed by atoms with E-state index in [4.69, 9.17) is 27.9 Å². The van der Waals surface area contributed by atoms with Crippen molar-refractivity contribution >= 4 is 23.2 Å². The van der Waals surface area contributed by atoms with Crippen LogP contribution in [0.5, 0.6) is 5.75 Å². The van der Waals surface area contributed by atoms with Crippen LogP contribution in [-0.4, -0.2) is 10.9 Å². The van der Waals surface area contributed by atoms with Gasteiger partial charge in [0.2, 0.25) is 0 Å². The van der Waals surface area contributed by atoms with Crippen LogP contribution in [-0.2, 0) is 0 Å². The van der Waals surface area contributed by atoms with Crippen LogP contribution in [0.25, 0.3) is 0 Å². The van der Waals surface area contributed by atoms with Gasteiger partial charge in [0.25, 0.3) is 0 Å². The molecule has 1 unspecified atom stereocenters. The van der Waals surface area contributed by atoms with E-state index in [9.17, 15) is 0 Å². The summed E-state index contributed by atoms with van der Waals surface area (Å²) in [5.74, 6) is 1.21. The Morgan fingerprint density at radius 1 is 1.33 bits per heavy atom. The van der Waals surface area contributed by atoms with Crippen LogP contribution >= 0.6 is 23.2 Å². The van der Waals surface area contributed by atoms with Crippen molar-refractivity contribution in [1.29, 1.82) is 0 Å². The van der Waals surface area contributed by atoms with E-state index in [1.807, 2.05) is 24.3 Å². The fourth-order valence-electron chi connectivity index (χ4n) is 1.59. The zero-order valence-electron chi connectivity index (χ0n) is 8.67. The van der Waals surface area contributed by atoms with Gasteiger partial charge in [-0.3, -0.25) is 0 Å². The van der Waals surface area contributed by atoms with Crippen LogP contribution in [0.3, 0.4) is 0 Å². The van der Waals surface area contributed by atoms with E-state index in [0.717, 1.165) is 25.2 Å². The molecule has 1 aliphatic carbocycles. The van der Waals surface area contributed by atoms with E-state index < -0.39 is 4.33 Å². The SMILES string of the molecule is CCCOc1ccc(C2CC2(Cl)Cl)cc1. The zero-order valence-corrected chi connectivity index (χ0v) is 10.2. The maximum atomic E-state index is 6.00. The largest absolute Gasteiger partial charge is 0.494 e. The Labute approximate surface area is 100 Å². The molecule has 0 amide bonds. The molecule has 82 valence electrons. The molecule has 1 aromatic carbocycles. The molecule has 3 heteroatoms. The number of benzene rings is 1. The van der Waals surface area contributed by atoms with Crippen LogP contribution in [0.4, 0.5) is 0 Å². The smallest absolute Gasteiger partial charge is 0.125 e. The molecule has 0 spiro atoms. The van der Waals surface area contributed by atoms with Crippen LogP contribution in [0, 0.1) is 0 Å². The van der Waals surface area contributed by atoms with Crippen molar-refractivity contribution in [1.82, 2.24) is 0 Å². The lowest BCUT2D eigenvalue weighted by Crippen LogP contribution is -1.95.